The Morgan fingerprint density at radius 3 is 1.68 bits per heavy atom. The number of aromatic nitrogens is 2. The molecular weight excluding hydrogens is 310 g/mol. The summed E-state index contributed by atoms with van der Waals surface area (Å²) in [6.45, 7) is 0. The van der Waals surface area contributed by atoms with Gasteiger partial charge < -0.3 is 0 Å². The quantitative estimate of drug-likeness (QED) is 0.664. The molecule has 0 aliphatic heterocycles. The Hall–Kier alpha value is -3.34. The molecular formula is C20H19N5. The average molecular weight is 329 g/mol. The van der Waals surface area contributed by atoms with Gasteiger partial charge >= 0.3 is 0 Å². The van der Waals surface area contributed by atoms with Gasteiger partial charge in [-0.1, -0.05) is 30.3 Å². The molecule has 0 fully saturated rings. The molecule has 124 valence electrons. The van der Waals surface area contributed by atoms with E-state index in [1.165, 1.54) is 0 Å². The van der Waals surface area contributed by atoms with Crippen molar-refractivity contribution >= 4 is 29.8 Å². The van der Waals surface area contributed by atoms with Crippen LogP contribution in [0.2, 0.25) is 0 Å². The van der Waals surface area contributed by atoms with Gasteiger partial charge in [0.25, 0.3) is 0 Å². The second-order valence-electron chi connectivity index (χ2n) is 5.29. The first kappa shape index (κ1) is 16.5. The second-order valence-corrected chi connectivity index (χ2v) is 5.29. The molecule has 0 saturated carbocycles. The maximum Gasteiger partial charge on any atom is 0.139 e. The summed E-state index contributed by atoms with van der Waals surface area (Å²) in [6.07, 6.45) is 3.47. The molecule has 5 nitrogen and oxygen atoms in total. The van der Waals surface area contributed by atoms with E-state index in [1.54, 1.807) is 26.5 Å². The van der Waals surface area contributed by atoms with Gasteiger partial charge in [0.05, 0.1) is 11.4 Å². The molecule has 5 heteroatoms. The Labute approximate surface area is 147 Å². The molecule has 1 aromatic carbocycles. The van der Waals surface area contributed by atoms with Gasteiger partial charge in [-0.05, 0) is 36.4 Å². The maximum atomic E-state index is 4.69. The first-order valence-electron chi connectivity index (χ1n) is 7.95. The van der Waals surface area contributed by atoms with Crippen LogP contribution in [0.5, 0.6) is 0 Å². The van der Waals surface area contributed by atoms with Crippen LogP contribution >= 0.6 is 0 Å². The minimum absolute atomic E-state index is 0.779. The highest BCUT2D eigenvalue weighted by molar-refractivity contribution is 5.81. The zero-order valence-corrected chi connectivity index (χ0v) is 14.2. The number of aliphatic imine (C=N–C) groups is 2. The van der Waals surface area contributed by atoms with Crippen molar-refractivity contribution in [2.24, 2.45) is 9.98 Å². The molecule has 2 aromatic heterocycles. The predicted octanol–water partition coefficient (Wildman–Crippen LogP) is 4.04. The van der Waals surface area contributed by atoms with Crippen molar-refractivity contribution in [2.75, 3.05) is 19.0 Å². The highest BCUT2D eigenvalue weighted by Gasteiger charge is 2.15. The number of hydrogen-bond donors (Lipinski definition) is 0. The van der Waals surface area contributed by atoms with Crippen LogP contribution in [0.3, 0.4) is 0 Å². The van der Waals surface area contributed by atoms with Crippen LogP contribution in [-0.4, -0.2) is 36.5 Å². The van der Waals surface area contributed by atoms with Gasteiger partial charge in [0.15, 0.2) is 0 Å². The molecule has 0 N–H and O–H groups in total. The van der Waals surface area contributed by atoms with Gasteiger partial charge in [-0.15, -0.1) is 0 Å². The molecule has 0 spiro atoms. The Kier molecular flexibility index (Phi) is 5.26. The third-order valence-corrected chi connectivity index (χ3v) is 3.51. The molecule has 0 unspecified atom stereocenters. The summed E-state index contributed by atoms with van der Waals surface area (Å²) >= 11 is 0. The van der Waals surface area contributed by atoms with E-state index < -0.39 is 0 Å². The largest absolute Gasteiger partial charge is 0.294 e. The lowest BCUT2D eigenvalue weighted by Gasteiger charge is -2.23. The van der Waals surface area contributed by atoms with Crippen LogP contribution in [0.25, 0.3) is 0 Å². The monoisotopic (exact) mass is 329 g/mol. The Balaban J connectivity index is 2.14. The van der Waals surface area contributed by atoms with Crippen LogP contribution < -0.4 is 4.90 Å². The summed E-state index contributed by atoms with van der Waals surface area (Å²) in [5.41, 5.74) is 2.58. The second kappa shape index (κ2) is 7.97. The lowest BCUT2D eigenvalue weighted by atomic mass is 10.2. The smallest absolute Gasteiger partial charge is 0.139 e. The summed E-state index contributed by atoms with van der Waals surface area (Å²) < 4.78 is 0. The third kappa shape index (κ3) is 3.95. The molecule has 3 rings (SSSR count). The van der Waals surface area contributed by atoms with Crippen LogP contribution in [0, 0.1) is 0 Å². The Bertz CT molecular complexity index is 832. The molecule has 25 heavy (non-hydrogen) atoms. The van der Waals surface area contributed by atoms with Crippen molar-refractivity contribution in [3.05, 3.63) is 78.1 Å². The van der Waals surface area contributed by atoms with Gasteiger partial charge in [-0.3, -0.25) is 14.9 Å². The zero-order valence-electron chi connectivity index (χ0n) is 14.2. The molecule has 3 aromatic rings. The van der Waals surface area contributed by atoms with Crippen molar-refractivity contribution in [3.8, 4) is 0 Å². The van der Waals surface area contributed by atoms with Crippen LogP contribution in [-0.2, 0) is 0 Å². The first-order chi connectivity index (χ1) is 12.3. The number of para-hydroxylation sites is 1. The van der Waals surface area contributed by atoms with E-state index in [4.69, 9.17) is 9.97 Å². The van der Waals surface area contributed by atoms with Gasteiger partial charge in [0.1, 0.15) is 11.6 Å². The number of pyridine rings is 2. The van der Waals surface area contributed by atoms with Gasteiger partial charge in [-0.2, -0.15) is 0 Å². The van der Waals surface area contributed by atoms with Crippen molar-refractivity contribution in [1.82, 2.24) is 9.97 Å². The Morgan fingerprint density at radius 1 is 0.680 bits per heavy atom. The number of nitrogens with zero attached hydrogens (tertiary/aromatic N) is 5. The lowest BCUT2D eigenvalue weighted by molar-refractivity contribution is 1.11. The molecule has 0 aliphatic rings. The summed E-state index contributed by atoms with van der Waals surface area (Å²) in [4.78, 5) is 19.5. The van der Waals surface area contributed by atoms with E-state index in [1.807, 2.05) is 71.6 Å². The molecule has 0 radical (unpaired) electrons. The molecule has 2 heterocycles. The molecule has 0 bridgehead atoms. The molecule has 0 aliphatic carbocycles. The fraction of sp³-hybridized carbons (Fsp3) is 0.100. The Morgan fingerprint density at radius 2 is 1.20 bits per heavy atom. The summed E-state index contributed by atoms with van der Waals surface area (Å²) in [5, 5.41) is 0. The third-order valence-electron chi connectivity index (χ3n) is 3.51. The van der Waals surface area contributed by atoms with Gasteiger partial charge in [-0.25, -0.2) is 9.97 Å². The fourth-order valence-corrected chi connectivity index (χ4v) is 2.50. The number of hydrogen-bond acceptors (Lipinski definition) is 5. The van der Waals surface area contributed by atoms with E-state index in [0.717, 1.165) is 28.7 Å². The van der Waals surface area contributed by atoms with Crippen LogP contribution in [0.4, 0.5) is 17.3 Å². The maximum absolute atomic E-state index is 4.69. The molecule has 0 saturated heterocycles. The first-order valence-corrected chi connectivity index (χ1v) is 7.95. The normalized spacial score (nSPS) is 11.3. The van der Waals surface area contributed by atoms with Crippen LogP contribution in [0.15, 0.2) is 76.7 Å². The van der Waals surface area contributed by atoms with Gasteiger partial charge in [0.2, 0.25) is 0 Å². The summed E-state index contributed by atoms with van der Waals surface area (Å²) in [6, 6.07) is 21.7. The lowest BCUT2D eigenvalue weighted by Crippen LogP contribution is -2.14. The highest BCUT2D eigenvalue weighted by atomic mass is 15.2. The fourth-order valence-electron chi connectivity index (χ4n) is 2.50. The van der Waals surface area contributed by atoms with Crippen molar-refractivity contribution in [2.45, 2.75) is 0 Å². The summed E-state index contributed by atoms with van der Waals surface area (Å²) in [7, 11) is 3.47. The minimum atomic E-state index is 0.779. The van der Waals surface area contributed by atoms with Gasteiger partial charge in [0, 0.05) is 32.2 Å². The van der Waals surface area contributed by atoms with Crippen molar-refractivity contribution in [3.63, 3.8) is 0 Å². The van der Waals surface area contributed by atoms with Crippen molar-refractivity contribution < 1.29 is 0 Å². The van der Waals surface area contributed by atoms with E-state index in [-0.39, 0.29) is 0 Å². The van der Waals surface area contributed by atoms with Crippen molar-refractivity contribution in [1.29, 1.82) is 0 Å². The van der Waals surface area contributed by atoms with E-state index in [2.05, 4.69) is 9.98 Å². The standard InChI is InChI=1S/C20H19N5/c1-21-14-16-8-6-12-19(23-16)25(18-10-4-3-5-11-18)20-13-7-9-17(24-20)15-22-2/h3-15H,1-2H3. The van der Waals surface area contributed by atoms with E-state index in [9.17, 15) is 0 Å². The van der Waals surface area contributed by atoms with E-state index in [0.29, 0.717) is 0 Å². The average Bonchev–Trinajstić information content (AvgIpc) is 2.64. The predicted molar refractivity (Wildman–Crippen MR) is 104 cm³/mol. The number of benzene rings is 1. The topological polar surface area (TPSA) is 53.7 Å². The number of anilines is 3. The number of rotatable bonds is 5. The highest BCUT2D eigenvalue weighted by Crippen LogP contribution is 2.31. The van der Waals surface area contributed by atoms with E-state index >= 15 is 0 Å². The minimum Gasteiger partial charge on any atom is -0.294 e. The molecule has 0 atom stereocenters. The summed E-state index contributed by atoms with van der Waals surface area (Å²) in [5.74, 6) is 1.56. The zero-order chi connectivity index (χ0) is 17.5. The molecule has 0 amide bonds. The van der Waals surface area contributed by atoms with Crippen LogP contribution in [0.1, 0.15) is 11.4 Å². The SMILES string of the molecule is CN=Cc1cccc(N(c2ccccc2)c2cccc(C=NC)n2)n1.